The van der Waals surface area contributed by atoms with Crippen LogP contribution in [0.15, 0.2) is 28.7 Å². The van der Waals surface area contributed by atoms with Crippen LogP contribution in [0.1, 0.15) is 18.4 Å². The molecule has 0 saturated carbocycles. The van der Waals surface area contributed by atoms with E-state index >= 15 is 0 Å². The highest BCUT2D eigenvalue weighted by Crippen LogP contribution is 2.12. The molecule has 0 aliphatic carbocycles. The van der Waals surface area contributed by atoms with Crippen molar-refractivity contribution in [3.8, 4) is 0 Å². The minimum absolute atomic E-state index is 0.0178. The summed E-state index contributed by atoms with van der Waals surface area (Å²) in [6.45, 7) is 1.13. The summed E-state index contributed by atoms with van der Waals surface area (Å²) in [7, 11) is 0. The average Bonchev–Trinajstić information content (AvgIpc) is 2.87. The summed E-state index contributed by atoms with van der Waals surface area (Å²) in [6, 6.07) is 7.55. The Bertz CT molecular complexity index is 490. The second kappa shape index (κ2) is 6.74. The number of amides is 3. The van der Waals surface area contributed by atoms with Crippen LogP contribution in [-0.2, 0) is 11.2 Å². The van der Waals surface area contributed by atoms with Gasteiger partial charge in [-0.25, -0.2) is 4.79 Å². The van der Waals surface area contributed by atoms with Crippen LogP contribution in [0.3, 0.4) is 0 Å². The molecule has 1 unspecified atom stereocenters. The number of nitrogens with one attached hydrogen (secondary N) is 1. The molecule has 1 heterocycles. The van der Waals surface area contributed by atoms with E-state index in [1.54, 1.807) is 4.90 Å². The largest absolute Gasteiger partial charge is 0.352 e. The molecule has 1 aromatic rings. The van der Waals surface area contributed by atoms with Gasteiger partial charge in [-0.2, -0.15) is 0 Å². The zero-order chi connectivity index (χ0) is 14.5. The normalized spacial score (nSPS) is 18.1. The lowest BCUT2D eigenvalue weighted by Gasteiger charge is -2.14. The lowest BCUT2D eigenvalue weighted by molar-refractivity contribution is -0.121. The van der Waals surface area contributed by atoms with Crippen molar-refractivity contribution in [1.29, 1.82) is 0 Å². The average molecular weight is 340 g/mol. The Labute approximate surface area is 126 Å². The number of hydrogen-bond acceptors (Lipinski definition) is 2. The molecule has 1 saturated heterocycles. The van der Waals surface area contributed by atoms with E-state index in [1.165, 1.54) is 0 Å². The van der Waals surface area contributed by atoms with E-state index in [0.717, 1.165) is 16.5 Å². The lowest BCUT2D eigenvalue weighted by Crippen LogP contribution is -2.40. The first-order valence-corrected chi connectivity index (χ1v) is 7.42. The fourth-order valence-electron chi connectivity index (χ4n) is 2.29. The molecular weight excluding hydrogens is 322 g/mol. The SMILES string of the molecule is NC(=O)N1CCC(NC(=O)CCc2ccc(Br)cc2)C1. The van der Waals surface area contributed by atoms with Crippen LogP contribution in [0.5, 0.6) is 0 Å². The molecule has 108 valence electrons. The molecule has 0 aromatic heterocycles. The van der Waals surface area contributed by atoms with Crippen molar-refractivity contribution in [3.05, 3.63) is 34.3 Å². The third kappa shape index (κ3) is 4.23. The maximum absolute atomic E-state index is 11.9. The molecule has 0 radical (unpaired) electrons. The number of nitrogens with zero attached hydrogens (tertiary/aromatic N) is 1. The summed E-state index contributed by atoms with van der Waals surface area (Å²) < 4.78 is 1.03. The first-order valence-electron chi connectivity index (χ1n) is 6.63. The molecule has 1 fully saturated rings. The number of nitrogens with two attached hydrogens (primary N) is 1. The first kappa shape index (κ1) is 14.8. The fourth-order valence-corrected chi connectivity index (χ4v) is 2.55. The van der Waals surface area contributed by atoms with Gasteiger partial charge in [0.1, 0.15) is 0 Å². The van der Waals surface area contributed by atoms with Gasteiger partial charge in [-0.1, -0.05) is 28.1 Å². The number of hydrogen-bond donors (Lipinski definition) is 2. The number of urea groups is 1. The predicted octanol–water partition coefficient (Wildman–Crippen LogP) is 1.65. The molecule has 5 nitrogen and oxygen atoms in total. The van der Waals surface area contributed by atoms with Crippen molar-refractivity contribution in [2.45, 2.75) is 25.3 Å². The van der Waals surface area contributed by atoms with Gasteiger partial charge in [0.2, 0.25) is 5.91 Å². The van der Waals surface area contributed by atoms with Crippen LogP contribution in [0, 0.1) is 0 Å². The summed E-state index contributed by atoms with van der Waals surface area (Å²) >= 11 is 3.38. The van der Waals surface area contributed by atoms with Crippen molar-refractivity contribution in [3.63, 3.8) is 0 Å². The Balaban J connectivity index is 1.73. The summed E-state index contributed by atoms with van der Waals surface area (Å²) in [5, 5.41) is 2.95. The second-order valence-corrected chi connectivity index (χ2v) is 5.88. The van der Waals surface area contributed by atoms with Gasteiger partial charge < -0.3 is 16.0 Å². The van der Waals surface area contributed by atoms with Gasteiger partial charge in [0, 0.05) is 30.0 Å². The summed E-state index contributed by atoms with van der Waals surface area (Å²) in [6.07, 6.45) is 1.94. The Kier molecular flexibility index (Phi) is 5.00. The van der Waals surface area contributed by atoms with Crippen molar-refractivity contribution in [2.75, 3.05) is 13.1 Å². The number of rotatable bonds is 4. The van der Waals surface area contributed by atoms with Gasteiger partial charge in [0.15, 0.2) is 0 Å². The monoisotopic (exact) mass is 339 g/mol. The molecule has 1 atom stereocenters. The standard InChI is InChI=1S/C14H18BrN3O2/c15-11-4-1-10(2-5-11)3-6-13(19)17-12-7-8-18(9-12)14(16)20/h1-2,4-5,12H,3,6-9H2,(H2,16,20)(H,17,19). The highest BCUT2D eigenvalue weighted by molar-refractivity contribution is 9.10. The zero-order valence-electron chi connectivity index (χ0n) is 11.1. The maximum Gasteiger partial charge on any atom is 0.314 e. The number of halogens is 1. The van der Waals surface area contributed by atoms with Gasteiger partial charge in [0.05, 0.1) is 0 Å². The van der Waals surface area contributed by atoms with E-state index in [4.69, 9.17) is 5.73 Å². The van der Waals surface area contributed by atoms with Crippen LogP contribution in [0.2, 0.25) is 0 Å². The minimum Gasteiger partial charge on any atom is -0.352 e. The van der Waals surface area contributed by atoms with Crippen LogP contribution in [0.25, 0.3) is 0 Å². The Morgan fingerprint density at radius 3 is 2.65 bits per heavy atom. The zero-order valence-corrected chi connectivity index (χ0v) is 12.7. The van der Waals surface area contributed by atoms with E-state index in [0.29, 0.717) is 25.9 Å². The van der Waals surface area contributed by atoms with Crippen molar-refractivity contribution in [2.24, 2.45) is 5.73 Å². The number of carbonyl (C=O) groups excluding carboxylic acids is 2. The quantitative estimate of drug-likeness (QED) is 0.875. The summed E-state index contributed by atoms with van der Waals surface area (Å²) in [5.41, 5.74) is 6.34. The van der Waals surface area contributed by atoms with E-state index in [1.807, 2.05) is 24.3 Å². The molecule has 20 heavy (non-hydrogen) atoms. The van der Waals surface area contributed by atoms with Crippen LogP contribution in [0.4, 0.5) is 4.79 Å². The molecule has 1 aromatic carbocycles. The number of benzene rings is 1. The van der Waals surface area contributed by atoms with E-state index in [2.05, 4.69) is 21.2 Å². The summed E-state index contributed by atoms with van der Waals surface area (Å²) in [4.78, 5) is 24.4. The van der Waals surface area contributed by atoms with Crippen molar-refractivity contribution < 1.29 is 9.59 Å². The number of carbonyl (C=O) groups is 2. The third-order valence-electron chi connectivity index (χ3n) is 3.42. The van der Waals surface area contributed by atoms with E-state index < -0.39 is 6.03 Å². The lowest BCUT2D eigenvalue weighted by atomic mass is 10.1. The molecule has 1 aliphatic heterocycles. The molecule has 0 bridgehead atoms. The van der Waals surface area contributed by atoms with Gasteiger partial charge in [-0.05, 0) is 30.5 Å². The highest BCUT2D eigenvalue weighted by Gasteiger charge is 2.25. The fraction of sp³-hybridized carbons (Fsp3) is 0.429. The molecule has 3 N–H and O–H groups in total. The molecule has 6 heteroatoms. The van der Waals surface area contributed by atoms with Gasteiger partial charge in [0.25, 0.3) is 0 Å². The molecule has 1 aliphatic rings. The van der Waals surface area contributed by atoms with Gasteiger partial charge in [-0.15, -0.1) is 0 Å². The topological polar surface area (TPSA) is 75.4 Å². The highest BCUT2D eigenvalue weighted by atomic mass is 79.9. The number of primary amides is 1. The van der Waals surface area contributed by atoms with Crippen molar-refractivity contribution in [1.82, 2.24) is 10.2 Å². The maximum atomic E-state index is 11.9. The molecule has 3 amide bonds. The second-order valence-electron chi connectivity index (χ2n) is 4.96. The molecule has 0 spiro atoms. The van der Waals surface area contributed by atoms with Gasteiger partial charge >= 0.3 is 6.03 Å². The molecule has 2 rings (SSSR count). The predicted molar refractivity (Wildman–Crippen MR) is 80.2 cm³/mol. The summed E-state index contributed by atoms with van der Waals surface area (Å²) in [5.74, 6) is 0.0178. The first-order chi connectivity index (χ1) is 9.54. The minimum atomic E-state index is -0.420. The molecular formula is C14H18BrN3O2. The van der Waals surface area contributed by atoms with E-state index in [9.17, 15) is 9.59 Å². The van der Waals surface area contributed by atoms with Crippen LogP contribution in [-0.4, -0.2) is 36.0 Å². The van der Waals surface area contributed by atoms with Crippen LogP contribution >= 0.6 is 15.9 Å². The van der Waals surface area contributed by atoms with E-state index in [-0.39, 0.29) is 11.9 Å². The Hall–Kier alpha value is -1.56. The van der Waals surface area contributed by atoms with Gasteiger partial charge in [-0.3, -0.25) is 4.79 Å². The number of aryl methyl sites for hydroxylation is 1. The Morgan fingerprint density at radius 1 is 1.35 bits per heavy atom. The Morgan fingerprint density at radius 2 is 2.05 bits per heavy atom. The van der Waals surface area contributed by atoms with Crippen molar-refractivity contribution >= 4 is 27.9 Å². The third-order valence-corrected chi connectivity index (χ3v) is 3.95. The number of likely N-dealkylation sites (tertiary alicyclic amines) is 1. The smallest absolute Gasteiger partial charge is 0.314 e. The van der Waals surface area contributed by atoms with Crippen LogP contribution < -0.4 is 11.1 Å².